The first-order valence-corrected chi connectivity index (χ1v) is 18.2. The number of imidazole rings is 1. The Labute approximate surface area is 316 Å². The number of rotatable bonds is 6. The minimum Gasteiger partial charge on any atom is -0.461 e. The number of nitrogens with one attached hydrogen (secondary N) is 2. The van der Waals surface area contributed by atoms with Crippen molar-refractivity contribution in [1.29, 1.82) is 0 Å². The van der Waals surface area contributed by atoms with Crippen LogP contribution in [0.1, 0.15) is 71.5 Å². The summed E-state index contributed by atoms with van der Waals surface area (Å²) in [7, 11) is 3.63. The zero-order valence-corrected chi connectivity index (χ0v) is 31.1. The number of aromatic nitrogens is 4. The van der Waals surface area contributed by atoms with Gasteiger partial charge < -0.3 is 9.73 Å². The third kappa shape index (κ3) is 6.35. The number of aryl methyl sites for hydroxylation is 3. The van der Waals surface area contributed by atoms with Crippen LogP contribution in [-0.2, 0) is 23.7 Å². The lowest BCUT2D eigenvalue weighted by Gasteiger charge is -2.20. The van der Waals surface area contributed by atoms with Crippen LogP contribution < -0.4 is 16.3 Å². The van der Waals surface area contributed by atoms with Gasteiger partial charge in [-0.2, -0.15) is 0 Å². The first-order valence-electron chi connectivity index (χ1n) is 18.2. The van der Waals surface area contributed by atoms with Crippen molar-refractivity contribution >= 4 is 50.5 Å². The van der Waals surface area contributed by atoms with E-state index in [9.17, 15) is 19.2 Å². The number of imide groups is 1. The molecule has 1 unspecified atom stereocenters. The fourth-order valence-electron chi connectivity index (χ4n) is 7.62. The Balaban J connectivity index is 0.973. The molecule has 3 amide bonds. The number of benzene rings is 3. The predicted molar refractivity (Wildman–Crippen MR) is 212 cm³/mol. The lowest BCUT2D eigenvalue weighted by Crippen LogP contribution is -2.39. The maximum Gasteiger partial charge on any atom is 0.328 e. The molecule has 0 radical (unpaired) electrons. The van der Waals surface area contributed by atoms with Gasteiger partial charge in [-0.3, -0.25) is 38.8 Å². The Kier molecular flexibility index (Phi) is 8.89. The molecule has 11 nitrogen and oxygen atoms in total. The predicted octanol–water partition coefficient (Wildman–Crippen LogP) is 6.63. The van der Waals surface area contributed by atoms with E-state index in [4.69, 9.17) is 9.40 Å². The van der Waals surface area contributed by atoms with Crippen LogP contribution in [0.5, 0.6) is 0 Å². The molecule has 11 heteroatoms. The van der Waals surface area contributed by atoms with Crippen LogP contribution >= 0.6 is 0 Å². The monoisotopic (exact) mass is 730 g/mol. The SMILES string of the molecule is Cc1oc2ccc(C#CCNC(=O)c3ccc(-c4cc5cccc(-c6cc(C(C)C)c7c(c6)n(C)c(=O)n7C)c5cn4)cn3)cc2c1C1CCC(=O)NC1=O. The van der Waals surface area contributed by atoms with E-state index in [2.05, 4.69) is 59.5 Å². The van der Waals surface area contributed by atoms with Gasteiger partial charge in [0.05, 0.1) is 29.2 Å². The zero-order chi connectivity index (χ0) is 38.5. The maximum absolute atomic E-state index is 12.9. The summed E-state index contributed by atoms with van der Waals surface area (Å²) in [6.07, 6.45) is 4.21. The normalized spacial score (nSPS) is 14.4. The molecule has 1 fully saturated rings. The molecule has 1 aliphatic rings. The van der Waals surface area contributed by atoms with Gasteiger partial charge in [0.2, 0.25) is 11.8 Å². The molecule has 4 aromatic heterocycles. The molecule has 274 valence electrons. The number of hydrogen-bond donors (Lipinski definition) is 2. The largest absolute Gasteiger partial charge is 0.461 e. The second-order valence-electron chi connectivity index (χ2n) is 14.3. The van der Waals surface area contributed by atoms with Crippen molar-refractivity contribution in [2.75, 3.05) is 6.54 Å². The van der Waals surface area contributed by atoms with Crippen LogP contribution in [0.25, 0.3) is 55.2 Å². The van der Waals surface area contributed by atoms with E-state index in [0.29, 0.717) is 23.3 Å². The molecule has 1 atom stereocenters. The van der Waals surface area contributed by atoms with Gasteiger partial charge in [-0.25, -0.2) is 4.79 Å². The third-order valence-electron chi connectivity index (χ3n) is 10.4. The molecule has 0 bridgehead atoms. The molecule has 0 spiro atoms. The molecule has 0 aliphatic carbocycles. The maximum atomic E-state index is 12.9. The van der Waals surface area contributed by atoms with E-state index < -0.39 is 5.92 Å². The molecule has 7 aromatic rings. The van der Waals surface area contributed by atoms with E-state index in [1.165, 1.54) is 0 Å². The van der Waals surface area contributed by atoms with Gasteiger partial charge in [0.1, 0.15) is 17.0 Å². The number of nitrogens with zero attached hydrogens (tertiary/aromatic N) is 4. The number of hydrogen-bond acceptors (Lipinski definition) is 7. The van der Waals surface area contributed by atoms with Gasteiger partial charge in [-0.1, -0.05) is 43.9 Å². The van der Waals surface area contributed by atoms with Crippen LogP contribution in [0.3, 0.4) is 0 Å². The third-order valence-corrected chi connectivity index (χ3v) is 10.4. The van der Waals surface area contributed by atoms with Crippen LogP contribution in [0.4, 0.5) is 0 Å². The van der Waals surface area contributed by atoms with Crippen molar-refractivity contribution in [3.63, 3.8) is 0 Å². The highest BCUT2D eigenvalue weighted by atomic mass is 16.3. The Morgan fingerprint density at radius 1 is 0.964 bits per heavy atom. The summed E-state index contributed by atoms with van der Waals surface area (Å²) in [5, 5.41) is 8.00. The Morgan fingerprint density at radius 2 is 1.80 bits per heavy atom. The second kappa shape index (κ2) is 13.9. The smallest absolute Gasteiger partial charge is 0.328 e. The standard InChI is InChI=1S/C44H38N6O5/c1-24(2)32-19-29(21-37-41(32)50(5)44(54)49(37)4)30-10-6-9-27-20-36(47-23-34(27)30)28-12-14-35(46-22-28)43(53)45-17-7-8-26-11-15-38-33(18-26)40(25(3)55-38)31-13-16-39(51)48-42(31)52/h6,9-12,14-15,18-24,31H,13,16-17H2,1-5H3,(H,45,53)(H,48,51,52). The molecule has 8 rings (SSSR count). The number of carbonyl (C=O) groups excluding carboxylic acids is 3. The van der Waals surface area contributed by atoms with Gasteiger partial charge in [-0.15, -0.1) is 0 Å². The van der Waals surface area contributed by atoms with Gasteiger partial charge in [0.25, 0.3) is 5.91 Å². The fourth-order valence-corrected chi connectivity index (χ4v) is 7.62. The van der Waals surface area contributed by atoms with Crippen molar-refractivity contribution in [3.8, 4) is 34.2 Å². The van der Waals surface area contributed by atoms with E-state index in [1.807, 2.05) is 69.7 Å². The summed E-state index contributed by atoms with van der Waals surface area (Å²) in [6, 6.07) is 21.4. The summed E-state index contributed by atoms with van der Waals surface area (Å²) in [5.41, 5.74) is 8.82. The molecule has 0 saturated carbocycles. The summed E-state index contributed by atoms with van der Waals surface area (Å²) >= 11 is 0. The van der Waals surface area contributed by atoms with Crippen LogP contribution in [0, 0.1) is 18.8 Å². The highest BCUT2D eigenvalue weighted by Gasteiger charge is 2.32. The minimum absolute atomic E-state index is 0.0523. The highest BCUT2D eigenvalue weighted by Crippen LogP contribution is 2.37. The quantitative estimate of drug-likeness (QED) is 0.145. The van der Waals surface area contributed by atoms with Crippen molar-refractivity contribution in [2.24, 2.45) is 14.1 Å². The average molecular weight is 731 g/mol. The highest BCUT2D eigenvalue weighted by molar-refractivity contribution is 6.03. The summed E-state index contributed by atoms with van der Waals surface area (Å²) < 4.78 is 9.32. The first kappa shape index (κ1) is 35.2. The number of carbonyl (C=O) groups is 3. The van der Waals surface area contributed by atoms with Gasteiger partial charge in [0, 0.05) is 60.4 Å². The Hall–Kier alpha value is -6.80. The number of piperidine rings is 1. The van der Waals surface area contributed by atoms with Gasteiger partial charge in [0.15, 0.2) is 0 Å². The number of pyridine rings is 2. The molecule has 1 aliphatic heterocycles. The zero-order valence-electron chi connectivity index (χ0n) is 31.1. The topological polar surface area (TPSA) is 141 Å². The lowest BCUT2D eigenvalue weighted by atomic mass is 9.88. The molecule has 5 heterocycles. The van der Waals surface area contributed by atoms with E-state index in [-0.39, 0.29) is 48.0 Å². The summed E-state index contributed by atoms with van der Waals surface area (Å²) in [4.78, 5) is 59.2. The first-order chi connectivity index (χ1) is 26.5. The van der Waals surface area contributed by atoms with E-state index >= 15 is 0 Å². The second-order valence-corrected chi connectivity index (χ2v) is 14.3. The van der Waals surface area contributed by atoms with Gasteiger partial charge in [-0.05, 0) is 89.9 Å². The molecule has 1 saturated heterocycles. The minimum atomic E-state index is -0.468. The molecule has 2 N–H and O–H groups in total. The number of fused-ring (bicyclic) bond motifs is 3. The van der Waals surface area contributed by atoms with Crippen molar-refractivity contribution in [1.82, 2.24) is 29.7 Å². The summed E-state index contributed by atoms with van der Waals surface area (Å²) in [5.74, 6) is 5.52. The van der Waals surface area contributed by atoms with Crippen LogP contribution in [0.15, 0.2) is 88.3 Å². The van der Waals surface area contributed by atoms with Crippen LogP contribution in [-0.4, -0.2) is 43.4 Å². The fraction of sp³-hybridized carbons (Fsp3) is 0.227. The Morgan fingerprint density at radius 3 is 2.56 bits per heavy atom. The van der Waals surface area contributed by atoms with Crippen molar-refractivity contribution in [3.05, 3.63) is 118 Å². The molecule has 55 heavy (non-hydrogen) atoms. The number of furan rings is 1. The van der Waals surface area contributed by atoms with E-state index in [0.717, 1.165) is 60.7 Å². The number of amides is 3. The van der Waals surface area contributed by atoms with Crippen LogP contribution in [0.2, 0.25) is 0 Å². The molecular weight excluding hydrogens is 693 g/mol. The molecule has 3 aromatic carbocycles. The molecular formula is C44H38N6O5. The lowest BCUT2D eigenvalue weighted by molar-refractivity contribution is -0.134. The van der Waals surface area contributed by atoms with Crippen molar-refractivity contribution < 1.29 is 18.8 Å². The Bertz CT molecular complexity index is 2850. The van der Waals surface area contributed by atoms with Crippen molar-refractivity contribution in [2.45, 2.75) is 45.4 Å². The summed E-state index contributed by atoms with van der Waals surface area (Å²) in [6.45, 7) is 6.19. The average Bonchev–Trinajstić information content (AvgIpc) is 3.62. The van der Waals surface area contributed by atoms with Gasteiger partial charge >= 0.3 is 5.69 Å². The van der Waals surface area contributed by atoms with E-state index in [1.54, 1.807) is 21.4 Å².